The number of hydrogen-bond donors (Lipinski definition) is 2. The van der Waals surface area contributed by atoms with Crippen molar-refractivity contribution in [3.8, 4) is 0 Å². The number of aromatic amines is 1. The van der Waals surface area contributed by atoms with Gasteiger partial charge in [0, 0.05) is 67.1 Å². The molecule has 6 rings (SSSR count). The summed E-state index contributed by atoms with van der Waals surface area (Å²) in [5.74, 6) is 1.05. The molecule has 1 aliphatic carbocycles. The second kappa shape index (κ2) is 10.1. The number of aryl methyl sites for hydroxylation is 1. The van der Waals surface area contributed by atoms with E-state index in [0.717, 1.165) is 45.4 Å². The average molecular weight is 471 g/mol. The monoisotopic (exact) mass is 470 g/mol. The van der Waals surface area contributed by atoms with Crippen molar-refractivity contribution >= 4 is 28.1 Å². The van der Waals surface area contributed by atoms with Crippen LogP contribution in [0.1, 0.15) is 50.5 Å². The Morgan fingerprint density at radius 3 is 2.60 bits per heavy atom. The average Bonchev–Trinajstić information content (AvgIpc) is 3.39. The molecule has 0 radical (unpaired) electrons. The molecular formula is C30H38N4O. The lowest BCUT2D eigenvalue weighted by Gasteiger charge is -2.44. The first-order valence-electron chi connectivity index (χ1n) is 13.7. The van der Waals surface area contributed by atoms with Crippen molar-refractivity contribution in [1.29, 1.82) is 0 Å². The highest BCUT2D eigenvalue weighted by Gasteiger charge is 2.37. The Bertz CT molecular complexity index is 1160. The fraction of sp³-hybridized carbons (Fsp3) is 0.500. The first-order chi connectivity index (χ1) is 17.3. The summed E-state index contributed by atoms with van der Waals surface area (Å²) in [5, 5.41) is 5.08. The number of hydrogen-bond acceptors (Lipinski definition) is 4. The normalized spacial score (nSPS) is 22.5. The highest BCUT2D eigenvalue weighted by atomic mass is 16.1. The van der Waals surface area contributed by atoms with E-state index in [0.29, 0.717) is 11.7 Å². The molecule has 184 valence electrons. The number of aromatic nitrogens is 1. The molecule has 0 bridgehead atoms. The molecule has 1 saturated carbocycles. The van der Waals surface area contributed by atoms with Gasteiger partial charge in [0.15, 0.2) is 5.78 Å². The number of Topliss-reactive ketones (excluding diaryl/α,β-unsaturated/α-hetero) is 1. The van der Waals surface area contributed by atoms with E-state index < -0.39 is 0 Å². The molecule has 3 aromatic rings. The standard InChI is InChI=1S/C30H38N4O/c35-29(21-22-7-2-1-3-8-22)30(27-14-13-23-9-4-5-10-25(23)32-27)34-19-17-33(18-20-34)28-12-6-11-26-24(28)15-16-31-26/h4-6,9-12,15-16,22,27,30-32H,1-3,7-8,13-14,17-21H2. The highest BCUT2D eigenvalue weighted by molar-refractivity contribution is 5.92. The van der Waals surface area contributed by atoms with Gasteiger partial charge in [0.25, 0.3) is 0 Å². The van der Waals surface area contributed by atoms with Gasteiger partial charge in [-0.2, -0.15) is 0 Å². The van der Waals surface area contributed by atoms with Gasteiger partial charge in [-0.25, -0.2) is 0 Å². The molecule has 2 N–H and O–H groups in total. The van der Waals surface area contributed by atoms with Crippen molar-refractivity contribution in [1.82, 2.24) is 9.88 Å². The minimum atomic E-state index is -0.0320. The summed E-state index contributed by atoms with van der Waals surface area (Å²) in [6.45, 7) is 3.78. The van der Waals surface area contributed by atoms with Gasteiger partial charge in [-0.3, -0.25) is 9.69 Å². The summed E-state index contributed by atoms with van der Waals surface area (Å²) >= 11 is 0. The Kier molecular flexibility index (Phi) is 6.51. The predicted octanol–water partition coefficient (Wildman–Crippen LogP) is 5.62. The third-order valence-electron chi connectivity index (χ3n) is 8.63. The molecule has 2 atom stereocenters. The van der Waals surface area contributed by atoms with Gasteiger partial charge in [0.2, 0.25) is 0 Å². The lowest BCUT2D eigenvalue weighted by atomic mass is 9.82. The maximum absolute atomic E-state index is 13.9. The third kappa shape index (κ3) is 4.71. The van der Waals surface area contributed by atoms with E-state index in [1.165, 1.54) is 59.9 Å². The zero-order chi connectivity index (χ0) is 23.6. The minimum absolute atomic E-state index is 0.0320. The number of H-pyrrole nitrogens is 1. The van der Waals surface area contributed by atoms with Crippen LogP contribution in [0.4, 0.5) is 11.4 Å². The maximum Gasteiger partial charge on any atom is 0.152 e. The van der Waals surface area contributed by atoms with Gasteiger partial charge in [-0.15, -0.1) is 0 Å². The van der Waals surface area contributed by atoms with E-state index in [-0.39, 0.29) is 12.1 Å². The maximum atomic E-state index is 13.9. The molecule has 5 heteroatoms. The molecule has 0 spiro atoms. The number of fused-ring (bicyclic) bond motifs is 2. The first-order valence-corrected chi connectivity index (χ1v) is 13.7. The molecule has 5 nitrogen and oxygen atoms in total. The number of piperazine rings is 1. The Morgan fingerprint density at radius 1 is 0.914 bits per heavy atom. The van der Waals surface area contributed by atoms with Crippen molar-refractivity contribution in [3.63, 3.8) is 0 Å². The topological polar surface area (TPSA) is 51.4 Å². The van der Waals surface area contributed by atoms with Gasteiger partial charge in [-0.05, 0) is 48.6 Å². The quantitative estimate of drug-likeness (QED) is 0.491. The molecule has 1 aromatic heterocycles. The Morgan fingerprint density at radius 2 is 1.74 bits per heavy atom. The zero-order valence-corrected chi connectivity index (χ0v) is 20.7. The van der Waals surface area contributed by atoms with E-state index in [1.807, 2.05) is 6.20 Å². The fourth-order valence-electron chi connectivity index (χ4n) is 6.76. The van der Waals surface area contributed by atoms with E-state index >= 15 is 0 Å². The number of benzene rings is 2. The van der Waals surface area contributed by atoms with Crippen LogP contribution in [0.25, 0.3) is 10.9 Å². The number of rotatable bonds is 6. The van der Waals surface area contributed by atoms with Crippen LogP contribution in [-0.4, -0.2) is 53.9 Å². The highest BCUT2D eigenvalue weighted by Crippen LogP contribution is 2.32. The van der Waals surface area contributed by atoms with Crippen LogP contribution in [0.5, 0.6) is 0 Å². The lowest BCUT2D eigenvalue weighted by Crippen LogP contribution is -2.59. The third-order valence-corrected chi connectivity index (χ3v) is 8.63. The molecule has 3 aliphatic rings. The molecule has 1 saturated heterocycles. The van der Waals surface area contributed by atoms with Gasteiger partial charge < -0.3 is 15.2 Å². The van der Waals surface area contributed by atoms with Crippen LogP contribution in [0, 0.1) is 5.92 Å². The Balaban J connectivity index is 1.20. The molecule has 35 heavy (non-hydrogen) atoms. The fourth-order valence-corrected chi connectivity index (χ4v) is 6.76. The van der Waals surface area contributed by atoms with Crippen LogP contribution in [0.2, 0.25) is 0 Å². The van der Waals surface area contributed by atoms with Crippen molar-refractivity contribution in [2.24, 2.45) is 5.92 Å². The second-order valence-electron chi connectivity index (χ2n) is 10.8. The van der Waals surface area contributed by atoms with Crippen LogP contribution in [0.3, 0.4) is 0 Å². The van der Waals surface area contributed by atoms with E-state index in [4.69, 9.17) is 0 Å². The van der Waals surface area contributed by atoms with Crippen molar-refractivity contribution in [2.45, 2.75) is 63.5 Å². The molecule has 3 heterocycles. The number of para-hydroxylation sites is 1. The van der Waals surface area contributed by atoms with Gasteiger partial charge in [0.05, 0.1) is 6.04 Å². The van der Waals surface area contributed by atoms with Crippen molar-refractivity contribution < 1.29 is 4.79 Å². The van der Waals surface area contributed by atoms with Crippen molar-refractivity contribution in [3.05, 3.63) is 60.3 Å². The smallest absolute Gasteiger partial charge is 0.152 e. The zero-order valence-electron chi connectivity index (χ0n) is 20.7. The minimum Gasteiger partial charge on any atom is -0.380 e. The molecule has 2 fully saturated rings. The second-order valence-corrected chi connectivity index (χ2v) is 10.8. The van der Waals surface area contributed by atoms with Gasteiger partial charge >= 0.3 is 0 Å². The summed E-state index contributed by atoms with van der Waals surface area (Å²) in [4.78, 5) is 22.3. The Hall–Kier alpha value is -2.79. The van der Waals surface area contributed by atoms with Gasteiger partial charge in [-0.1, -0.05) is 56.4 Å². The number of ketones is 1. The number of carbonyl (C=O) groups excluding carboxylic acids is 1. The number of nitrogens with zero attached hydrogens (tertiary/aromatic N) is 2. The SMILES string of the molecule is O=C(CC1CCCCC1)C(C1CCc2ccccc2N1)N1CCN(c2cccc3[nH]ccc23)CC1. The van der Waals surface area contributed by atoms with Crippen LogP contribution >= 0.6 is 0 Å². The lowest BCUT2D eigenvalue weighted by molar-refractivity contribution is -0.126. The van der Waals surface area contributed by atoms with Crippen molar-refractivity contribution in [2.75, 3.05) is 36.4 Å². The van der Waals surface area contributed by atoms with Crippen LogP contribution < -0.4 is 10.2 Å². The molecular weight excluding hydrogens is 432 g/mol. The Labute approximate surface area is 208 Å². The summed E-state index contributed by atoms with van der Waals surface area (Å²) in [7, 11) is 0. The summed E-state index contributed by atoms with van der Waals surface area (Å²) in [5.41, 5.74) is 5.09. The number of carbonyl (C=O) groups is 1. The summed E-state index contributed by atoms with van der Waals surface area (Å²) in [6, 6.07) is 17.5. The van der Waals surface area contributed by atoms with E-state index in [2.05, 4.69) is 68.6 Å². The van der Waals surface area contributed by atoms with Crippen LogP contribution in [-0.2, 0) is 11.2 Å². The number of nitrogens with one attached hydrogen (secondary N) is 2. The van der Waals surface area contributed by atoms with Crippen LogP contribution in [0.15, 0.2) is 54.7 Å². The van der Waals surface area contributed by atoms with E-state index in [1.54, 1.807) is 0 Å². The molecule has 2 aromatic carbocycles. The largest absolute Gasteiger partial charge is 0.380 e. The molecule has 2 aliphatic heterocycles. The molecule has 2 unspecified atom stereocenters. The van der Waals surface area contributed by atoms with Gasteiger partial charge in [0.1, 0.15) is 0 Å². The predicted molar refractivity (Wildman–Crippen MR) is 144 cm³/mol. The first kappa shape index (κ1) is 22.7. The molecule has 0 amide bonds. The van der Waals surface area contributed by atoms with E-state index in [9.17, 15) is 4.79 Å². The summed E-state index contributed by atoms with van der Waals surface area (Å²) in [6.07, 6.45) is 11.2. The summed E-state index contributed by atoms with van der Waals surface area (Å²) < 4.78 is 0. The number of anilines is 2.